The van der Waals surface area contributed by atoms with Crippen LogP contribution in [0, 0.1) is 0 Å². The zero-order chi connectivity index (χ0) is 33.5. The molecule has 10 aromatic carbocycles. The van der Waals surface area contributed by atoms with Crippen molar-refractivity contribution in [3.8, 4) is 27.9 Å². The van der Waals surface area contributed by atoms with Crippen LogP contribution in [0.15, 0.2) is 188 Å². The average molecular weight is 646 g/mol. The van der Waals surface area contributed by atoms with E-state index in [1.165, 1.54) is 104 Å². The maximum absolute atomic E-state index is 2.48. The number of hydrogen-bond donors (Lipinski definition) is 0. The van der Waals surface area contributed by atoms with Gasteiger partial charge >= 0.3 is 0 Å². The van der Waals surface area contributed by atoms with Crippen molar-refractivity contribution in [3.05, 3.63) is 188 Å². The molecule has 0 aliphatic carbocycles. The van der Waals surface area contributed by atoms with Gasteiger partial charge in [-0.15, -0.1) is 0 Å². The minimum Gasteiger partial charge on any atom is -0.308 e. The van der Waals surface area contributed by atoms with Crippen LogP contribution in [-0.4, -0.2) is 4.57 Å². The molecular formula is C50H31N. The van der Waals surface area contributed by atoms with Crippen LogP contribution in [-0.2, 0) is 0 Å². The molecule has 11 aromatic rings. The maximum atomic E-state index is 2.48. The van der Waals surface area contributed by atoms with Gasteiger partial charge in [0.25, 0.3) is 0 Å². The van der Waals surface area contributed by atoms with Crippen LogP contribution in [0.1, 0.15) is 0 Å². The van der Waals surface area contributed by atoms with Gasteiger partial charge in [-0.3, -0.25) is 0 Å². The average Bonchev–Trinajstić information content (AvgIpc) is 3.54. The summed E-state index contributed by atoms with van der Waals surface area (Å²) < 4.78 is 2.48. The zero-order valence-corrected chi connectivity index (χ0v) is 27.8. The first kappa shape index (κ1) is 28.2. The first-order chi connectivity index (χ1) is 25.3. The Kier molecular flexibility index (Phi) is 6.02. The molecule has 0 aliphatic heterocycles. The highest BCUT2D eigenvalue weighted by Gasteiger charge is 2.20. The van der Waals surface area contributed by atoms with E-state index in [1.54, 1.807) is 0 Å². The Morgan fingerprint density at radius 2 is 0.588 bits per heavy atom. The summed E-state index contributed by atoms with van der Waals surface area (Å²) in [6.07, 6.45) is 0. The van der Waals surface area contributed by atoms with Crippen LogP contribution >= 0.6 is 0 Å². The van der Waals surface area contributed by atoms with Crippen molar-refractivity contribution in [2.45, 2.75) is 0 Å². The third-order valence-electron chi connectivity index (χ3n) is 11.0. The lowest BCUT2D eigenvalue weighted by Gasteiger charge is -2.19. The van der Waals surface area contributed by atoms with Crippen LogP contribution in [0.5, 0.6) is 0 Å². The fourth-order valence-electron chi connectivity index (χ4n) is 8.74. The number of para-hydroxylation sites is 2. The molecule has 0 spiro atoms. The molecule has 0 bridgehead atoms. The van der Waals surface area contributed by atoms with Gasteiger partial charge < -0.3 is 4.57 Å². The molecule has 0 amide bonds. The summed E-state index contributed by atoms with van der Waals surface area (Å²) in [5.41, 5.74) is 8.61. The monoisotopic (exact) mass is 645 g/mol. The highest BCUT2D eigenvalue weighted by atomic mass is 15.0. The second-order valence-electron chi connectivity index (χ2n) is 13.6. The predicted octanol–water partition coefficient (Wildman–Crippen LogP) is 13.9. The van der Waals surface area contributed by atoms with E-state index >= 15 is 0 Å². The summed E-state index contributed by atoms with van der Waals surface area (Å²) in [4.78, 5) is 0. The standard InChI is InChI=1S/C50H31N/c1-2-15-37-35(13-1)36-14-3-4-16-38(36)46-31-34(29-30-39(37)46)32-25-27-33(28-26-32)49-42-19-5-7-21-44(42)50(45-22-8-6-20-43(45)49)51-47-23-11-9-17-40(47)41-18-10-12-24-48(41)51/h1-31H. The Bertz CT molecular complexity index is 3030. The largest absolute Gasteiger partial charge is 0.308 e. The summed E-state index contributed by atoms with van der Waals surface area (Å²) in [5.74, 6) is 0. The SMILES string of the molecule is c1ccc2c(-n3c4ccccc4c4ccccc43)c3ccccc3c(-c3ccc(-c4ccc5c6ccccc6c6ccccc6c5c4)cc3)c2c1. The maximum Gasteiger partial charge on any atom is 0.0619 e. The number of benzene rings is 10. The van der Waals surface area contributed by atoms with Crippen LogP contribution in [0.3, 0.4) is 0 Å². The Morgan fingerprint density at radius 1 is 0.235 bits per heavy atom. The third-order valence-corrected chi connectivity index (χ3v) is 11.0. The molecule has 236 valence electrons. The van der Waals surface area contributed by atoms with Crippen molar-refractivity contribution in [3.63, 3.8) is 0 Å². The van der Waals surface area contributed by atoms with E-state index in [1.807, 2.05) is 0 Å². The van der Waals surface area contributed by atoms with Crippen molar-refractivity contribution >= 4 is 75.7 Å². The lowest BCUT2D eigenvalue weighted by Crippen LogP contribution is -1.99. The zero-order valence-electron chi connectivity index (χ0n) is 27.8. The van der Waals surface area contributed by atoms with Crippen LogP contribution in [0.25, 0.3) is 104 Å². The fraction of sp³-hybridized carbons (Fsp3) is 0. The number of rotatable bonds is 3. The van der Waals surface area contributed by atoms with Gasteiger partial charge in [-0.2, -0.15) is 0 Å². The first-order valence-electron chi connectivity index (χ1n) is 17.7. The molecule has 1 heteroatoms. The number of nitrogens with zero attached hydrogens (tertiary/aromatic N) is 1. The summed E-state index contributed by atoms with van der Waals surface area (Å²) in [6.45, 7) is 0. The molecule has 0 atom stereocenters. The second kappa shape index (κ2) is 10.9. The smallest absolute Gasteiger partial charge is 0.0619 e. The van der Waals surface area contributed by atoms with Gasteiger partial charge in [0, 0.05) is 21.5 Å². The highest BCUT2D eigenvalue weighted by Crippen LogP contribution is 2.44. The number of fused-ring (bicyclic) bond motifs is 11. The summed E-state index contributed by atoms with van der Waals surface area (Å²) in [5, 5.41) is 15.3. The van der Waals surface area contributed by atoms with E-state index in [-0.39, 0.29) is 0 Å². The van der Waals surface area contributed by atoms with E-state index in [2.05, 4.69) is 193 Å². The molecule has 0 saturated carbocycles. The third kappa shape index (κ3) is 4.09. The van der Waals surface area contributed by atoms with Crippen LogP contribution in [0.4, 0.5) is 0 Å². The molecule has 0 radical (unpaired) electrons. The summed E-state index contributed by atoms with van der Waals surface area (Å²) >= 11 is 0. The minimum atomic E-state index is 1.22. The topological polar surface area (TPSA) is 4.93 Å². The first-order valence-corrected chi connectivity index (χ1v) is 17.7. The van der Waals surface area contributed by atoms with E-state index in [9.17, 15) is 0 Å². The van der Waals surface area contributed by atoms with E-state index in [4.69, 9.17) is 0 Å². The van der Waals surface area contributed by atoms with Gasteiger partial charge in [0.15, 0.2) is 0 Å². The second-order valence-corrected chi connectivity index (χ2v) is 13.6. The Hall–Kier alpha value is -6.70. The minimum absolute atomic E-state index is 1.22. The lowest BCUT2D eigenvalue weighted by molar-refractivity contribution is 1.21. The molecule has 0 unspecified atom stereocenters. The molecule has 51 heavy (non-hydrogen) atoms. The molecule has 1 nitrogen and oxygen atoms in total. The summed E-state index contributed by atoms with van der Waals surface area (Å²) in [6, 6.07) is 69.2. The van der Waals surface area contributed by atoms with Gasteiger partial charge in [0.2, 0.25) is 0 Å². The summed E-state index contributed by atoms with van der Waals surface area (Å²) in [7, 11) is 0. The van der Waals surface area contributed by atoms with Crippen LogP contribution in [0.2, 0.25) is 0 Å². The Balaban J connectivity index is 1.12. The molecule has 0 aliphatic rings. The van der Waals surface area contributed by atoms with Crippen molar-refractivity contribution in [2.24, 2.45) is 0 Å². The predicted molar refractivity (Wildman–Crippen MR) is 219 cm³/mol. The lowest BCUT2D eigenvalue weighted by atomic mass is 9.89. The highest BCUT2D eigenvalue weighted by molar-refractivity contribution is 6.26. The van der Waals surface area contributed by atoms with Crippen molar-refractivity contribution in [2.75, 3.05) is 0 Å². The fourth-order valence-corrected chi connectivity index (χ4v) is 8.74. The molecule has 11 rings (SSSR count). The van der Waals surface area contributed by atoms with Gasteiger partial charge in [-0.05, 0) is 83.5 Å². The molecule has 0 fully saturated rings. The van der Waals surface area contributed by atoms with Gasteiger partial charge in [0.1, 0.15) is 0 Å². The number of aromatic nitrogens is 1. The van der Waals surface area contributed by atoms with Crippen LogP contribution < -0.4 is 0 Å². The van der Waals surface area contributed by atoms with Gasteiger partial charge in [-0.25, -0.2) is 0 Å². The van der Waals surface area contributed by atoms with E-state index in [0.717, 1.165) is 0 Å². The van der Waals surface area contributed by atoms with Crippen molar-refractivity contribution in [1.29, 1.82) is 0 Å². The van der Waals surface area contributed by atoms with E-state index in [0.29, 0.717) is 0 Å². The molecule has 1 aromatic heterocycles. The molecular weight excluding hydrogens is 615 g/mol. The normalized spacial score (nSPS) is 11.9. The Labute approximate surface area is 295 Å². The van der Waals surface area contributed by atoms with Gasteiger partial charge in [-0.1, -0.05) is 170 Å². The quantitative estimate of drug-likeness (QED) is 0.133. The van der Waals surface area contributed by atoms with Crippen molar-refractivity contribution in [1.82, 2.24) is 4.57 Å². The molecule has 0 N–H and O–H groups in total. The Morgan fingerprint density at radius 3 is 1.10 bits per heavy atom. The van der Waals surface area contributed by atoms with Crippen molar-refractivity contribution < 1.29 is 0 Å². The molecule has 0 saturated heterocycles. The molecule has 1 heterocycles. The number of hydrogen-bond acceptors (Lipinski definition) is 0. The van der Waals surface area contributed by atoms with Gasteiger partial charge in [0.05, 0.1) is 16.7 Å². The van der Waals surface area contributed by atoms with E-state index < -0.39 is 0 Å².